The molecule has 0 aliphatic heterocycles. The molecule has 0 spiro atoms. The van der Waals surface area contributed by atoms with Gasteiger partial charge in [0.05, 0.1) is 0 Å². The lowest BCUT2D eigenvalue weighted by atomic mass is 9.88. The summed E-state index contributed by atoms with van der Waals surface area (Å²) in [4.78, 5) is 0. The lowest BCUT2D eigenvalue weighted by Crippen LogP contribution is -2.25. The van der Waals surface area contributed by atoms with Crippen LogP contribution in [-0.2, 0) is 0 Å². The summed E-state index contributed by atoms with van der Waals surface area (Å²) in [5.41, 5.74) is 1.43. The predicted molar refractivity (Wildman–Crippen MR) is 85.3 cm³/mol. The van der Waals surface area contributed by atoms with Gasteiger partial charge in [-0.2, -0.15) is 0 Å². The number of halogens is 1. The molecule has 1 saturated carbocycles. The number of hydrogen-bond acceptors (Lipinski definition) is 1. The van der Waals surface area contributed by atoms with Crippen LogP contribution in [0.15, 0.2) is 40.9 Å². The molecule has 0 heterocycles. The second kappa shape index (κ2) is 5.26. The van der Waals surface area contributed by atoms with Crippen molar-refractivity contribution < 1.29 is 0 Å². The fraction of sp³-hybridized carbons (Fsp3) is 0.412. The lowest BCUT2D eigenvalue weighted by Gasteiger charge is -2.25. The van der Waals surface area contributed by atoms with Crippen LogP contribution >= 0.6 is 15.9 Å². The highest BCUT2D eigenvalue weighted by atomic mass is 79.9. The van der Waals surface area contributed by atoms with E-state index >= 15 is 0 Å². The zero-order valence-corrected chi connectivity index (χ0v) is 13.1. The SMILES string of the molecule is CNC(c1ccc(Br)c2ccccc12)C(C)C1CC1. The molecule has 1 fully saturated rings. The molecule has 0 bridgehead atoms. The lowest BCUT2D eigenvalue weighted by molar-refractivity contribution is 0.371. The summed E-state index contributed by atoms with van der Waals surface area (Å²) in [6.07, 6.45) is 2.79. The summed E-state index contributed by atoms with van der Waals surface area (Å²) >= 11 is 3.66. The molecule has 0 radical (unpaired) electrons. The maximum Gasteiger partial charge on any atom is 0.0352 e. The van der Waals surface area contributed by atoms with E-state index in [1.54, 1.807) is 0 Å². The third-order valence-electron chi connectivity index (χ3n) is 4.44. The minimum Gasteiger partial charge on any atom is -0.313 e. The van der Waals surface area contributed by atoms with Crippen LogP contribution < -0.4 is 5.32 Å². The number of fused-ring (bicyclic) bond motifs is 1. The quantitative estimate of drug-likeness (QED) is 0.844. The second-order valence-electron chi connectivity index (χ2n) is 5.65. The Kier molecular flexibility index (Phi) is 3.64. The van der Waals surface area contributed by atoms with Crippen LogP contribution in [0, 0.1) is 11.8 Å². The Labute approximate surface area is 123 Å². The van der Waals surface area contributed by atoms with Crippen molar-refractivity contribution in [3.8, 4) is 0 Å². The number of rotatable bonds is 4. The van der Waals surface area contributed by atoms with Gasteiger partial charge in [0.2, 0.25) is 0 Å². The van der Waals surface area contributed by atoms with Crippen molar-refractivity contribution in [1.29, 1.82) is 0 Å². The standard InChI is InChI=1S/C17H20BrN/c1-11(12-7-8-12)17(19-2)15-9-10-16(18)14-6-4-3-5-13(14)15/h3-6,9-12,17,19H,7-8H2,1-2H3. The van der Waals surface area contributed by atoms with Gasteiger partial charge in [-0.3, -0.25) is 0 Å². The average molecular weight is 318 g/mol. The van der Waals surface area contributed by atoms with Crippen molar-refractivity contribution in [1.82, 2.24) is 5.32 Å². The van der Waals surface area contributed by atoms with Crippen molar-refractivity contribution in [2.45, 2.75) is 25.8 Å². The van der Waals surface area contributed by atoms with Gasteiger partial charge in [-0.05, 0) is 54.1 Å². The maximum absolute atomic E-state index is 3.66. The summed E-state index contributed by atoms with van der Waals surface area (Å²) in [5, 5.41) is 6.21. The molecule has 2 aromatic carbocycles. The topological polar surface area (TPSA) is 12.0 Å². The zero-order chi connectivity index (χ0) is 13.4. The highest BCUT2D eigenvalue weighted by Gasteiger charge is 2.33. The molecule has 1 N–H and O–H groups in total. The van der Waals surface area contributed by atoms with Gasteiger partial charge in [0.1, 0.15) is 0 Å². The highest BCUT2D eigenvalue weighted by molar-refractivity contribution is 9.10. The van der Waals surface area contributed by atoms with Gasteiger partial charge in [-0.1, -0.05) is 53.2 Å². The van der Waals surface area contributed by atoms with E-state index in [2.05, 4.69) is 71.6 Å². The van der Waals surface area contributed by atoms with Crippen molar-refractivity contribution in [2.75, 3.05) is 7.05 Å². The summed E-state index contributed by atoms with van der Waals surface area (Å²) in [5.74, 6) is 1.61. The van der Waals surface area contributed by atoms with E-state index < -0.39 is 0 Å². The molecule has 100 valence electrons. The molecular formula is C17H20BrN. The van der Waals surface area contributed by atoms with Gasteiger partial charge in [-0.25, -0.2) is 0 Å². The molecule has 1 aliphatic rings. The third kappa shape index (κ3) is 2.44. The maximum atomic E-state index is 3.66. The third-order valence-corrected chi connectivity index (χ3v) is 5.13. The first-order valence-electron chi connectivity index (χ1n) is 7.06. The fourth-order valence-electron chi connectivity index (χ4n) is 3.15. The molecule has 2 heteroatoms. The van der Waals surface area contributed by atoms with Crippen molar-refractivity contribution in [3.05, 3.63) is 46.4 Å². The van der Waals surface area contributed by atoms with Crippen LogP contribution in [0.3, 0.4) is 0 Å². The molecule has 2 unspecified atom stereocenters. The van der Waals surface area contributed by atoms with E-state index in [-0.39, 0.29) is 0 Å². The first-order valence-corrected chi connectivity index (χ1v) is 7.86. The van der Waals surface area contributed by atoms with Crippen LogP contribution in [0.4, 0.5) is 0 Å². The van der Waals surface area contributed by atoms with Crippen LogP contribution in [-0.4, -0.2) is 7.05 Å². The normalized spacial score (nSPS) is 18.5. The molecule has 2 aromatic rings. The minimum absolute atomic E-state index is 0.450. The van der Waals surface area contributed by atoms with E-state index in [1.807, 2.05) is 0 Å². The van der Waals surface area contributed by atoms with E-state index in [4.69, 9.17) is 0 Å². The molecule has 0 aromatic heterocycles. The smallest absolute Gasteiger partial charge is 0.0352 e. The van der Waals surface area contributed by atoms with Crippen LogP contribution in [0.5, 0.6) is 0 Å². The number of benzene rings is 2. The number of hydrogen-bond donors (Lipinski definition) is 1. The Bertz CT molecular complexity index is 589. The van der Waals surface area contributed by atoms with E-state index in [0.29, 0.717) is 12.0 Å². The largest absolute Gasteiger partial charge is 0.313 e. The summed E-state index contributed by atoms with van der Waals surface area (Å²) in [6.45, 7) is 2.38. The van der Waals surface area contributed by atoms with Crippen molar-refractivity contribution >= 4 is 26.7 Å². The van der Waals surface area contributed by atoms with Gasteiger partial charge in [-0.15, -0.1) is 0 Å². The first kappa shape index (κ1) is 13.1. The summed E-state index contributed by atoms with van der Waals surface area (Å²) in [6, 6.07) is 13.6. The molecule has 0 amide bonds. The molecule has 2 atom stereocenters. The second-order valence-corrected chi connectivity index (χ2v) is 6.50. The Morgan fingerprint density at radius 1 is 1.11 bits per heavy atom. The highest BCUT2D eigenvalue weighted by Crippen LogP contribution is 2.44. The Morgan fingerprint density at radius 2 is 1.79 bits per heavy atom. The van der Waals surface area contributed by atoms with E-state index in [0.717, 1.165) is 5.92 Å². The Balaban J connectivity index is 2.10. The molecule has 3 rings (SSSR count). The summed E-state index contributed by atoms with van der Waals surface area (Å²) in [7, 11) is 2.08. The molecule has 1 aliphatic carbocycles. The molecule has 0 saturated heterocycles. The van der Waals surface area contributed by atoms with Gasteiger partial charge in [0, 0.05) is 10.5 Å². The van der Waals surface area contributed by atoms with Crippen LogP contribution in [0.2, 0.25) is 0 Å². The van der Waals surface area contributed by atoms with Gasteiger partial charge >= 0.3 is 0 Å². The Hall–Kier alpha value is -0.860. The molecular weight excluding hydrogens is 298 g/mol. The molecule has 1 nitrogen and oxygen atoms in total. The zero-order valence-electron chi connectivity index (χ0n) is 11.5. The number of nitrogens with one attached hydrogen (secondary N) is 1. The van der Waals surface area contributed by atoms with Crippen molar-refractivity contribution in [2.24, 2.45) is 11.8 Å². The first-order chi connectivity index (χ1) is 9.22. The Morgan fingerprint density at radius 3 is 2.42 bits per heavy atom. The van der Waals surface area contributed by atoms with Gasteiger partial charge < -0.3 is 5.32 Å². The average Bonchev–Trinajstić information content (AvgIpc) is 3.26. The van der Waals surface area contributed by atoms with E-state index in [1.165, 1.54) is 33.7 Å². The molecule has 19 heavy (non-hydrogen) atoms. The fourth-order valence-corrected chi connectivity index (χ4v) is 3.63. The van der Waals surface area contributed by atoms with Crippen molar-refractivity contribution in [3.63, 3.8) is 0 Å². The van der Waals surface area contributed by atoms with E-state index in [9.17, 15) is 0 Å². The van der Waals surface area contributed by atoms with Crippen LogP contribution in [0.1, 0.15) is 31.4 Å². The monoisotopic (exact) mass is 317 g/mol. The van der Waals surface area contributed by atoms with Gasteiger partial charge in [0.15, 0.2) is 0 Å². The minimum atomic E-state index is 0.450. The van der Waals surface area contributed by atoms with Gasteiger partial charge in [0.25, 0.3) is 0 Å². The summed E-state index contributed by atoms with van der Waals surface area (Å²) < 4.78 is 1.18. The predicted octanol–water partition coefficient (Wildman–Crippen LogP) is 4.91. The van der Waals surface area contributed by atoms with Crippen LogP contribution in [0.25, 0.3) is 10.8 Å².